The first-order chi connectivity index (χ1) is 11.6. The van der Waals surface area contributed by atoms with Crippen LogP contribution in [0.3, 0.4) is 0 Å². The molecule has 0 fully saturated rings. The van der Waals surface area contributed by atoms with Crippen LogP contribution in [0.15, 0.2) is 51.8 Å². The SMILES string of the molecule is Cc1c(C(=O)Nc2ccc3c(c2)NC(=O)CS3)oc2ccccc12. The maximum absolute atomic E-state index is 12.5. The minimum Gasteiger partial charge on any atom is -0.451 e. The summed E-state index contributed by atoms with van der Waals surface area (Å²) in [6.45, 7) is 1.87. The average molecular weight is 338 g/mol. The highest BCUT2D eigenvalue weighted by Gasteiger charge is 2.19. The molecule has 1 aliphatic rings. The number of aryl methyl sites for hydroxylation is 1. The van der Waals surface area contributed by atoms with E-state index in [1.165, 1.54) is 11.8 Å². The zero-order valence-electron chi connectivity index (χ0n) is 12.9. The molecule has 0 saturated heterocycles. The minimum atomic E-state index is -0.307. The Labute approximate surface area is 142 Å². The van der Waals surface area contributed by atoms with E-state index in [0.29, 0.717) is 22.8 Å². The van der Waals surface area contributed by atoms with Crippen molar-refractivity contribution in [1.29, 1.82) is 0 Å². The third-order valence-corrected chi connectivity index (χ3v) is 4.99. The van der Waals surface area contributed by atoms with Gasteiger partial charge in [0.05, 0.1) is 11.4 Å². The van der Waals surface area contributed by atoms with Gasteiger partial charge in [0.2, 0.25) is 5.91 Å². The first-order valence-corrected chi connectivity index (χ1v) is 8.46. The molecule has 6 heteroatoms. The second-order valence-corrected chi connectivity index (χ2v) is 6.57. The van der Waals surface area contributed by atoms with Gasteiger partial charge in [-0.15, -0.1) is 11.8 Å². The number of hydrogen-bond acceptors (Lipinski definition) is 4. The maximum Gasteiger partial charge on any atom is 0.291 e. The van der Waals surface area contributed by atoms with E-state index < -0.39 is 0 Å². The largest absolute Gasteiger partial charge is 0.451 e. The molecule has 0 unspecified atom stereocenters. The third-order valence-electron chi connectivity index (χ3n) is 3.92. The highest BCUT2D eigenvalue weighted by atomic mass is 32.2. The Balaban J connectivity index is 1.63. The van der Waals surface area contributed by atoms with Crippen LogP contribution in [0.25, 0.3) is 11.0 Å². The Morgan fingerprint density at radius 1 is 1.25 bits per heavy atom. The standard InChI is InChI=1S/C18H14N2O3S/c1-10-12-4-2-3-5-14(12)23-17(10)18(22)19-11-6-7-15-13(8-11)20-16(21)9-24-15/h2-8H,9H2,1H3,(H,19,22)(H,20,21). The van der Waals surface area contributed by atoms with Gasteiger partial charge < -0.3 is 15.1 Å². The monoisotopic (exact) mass is 338 g/mol. The maximum atomic E-state index is 12.5. The molecule has 0 saturated carbocycles. The smallest absolute Gasteiger partial charge is 0.291 e. The summed E-state index contributed by atoms with van der Waals surface area (Å²) in [5.74, 6) is 0.367. The van der Waals surface area contributed by atoms with Crippen LogP contribution in [0.2, 0.25) is 0 Å². The van der Waals surface area contributed by atoms with Gasteiger partial charge >= 0.3 is 0 Å². The molecule has 5 nitrogen and oxygen atoms in total. The molecule has 1 aliphatic heterocycles. The summed E-state index contributed by atoms with van der Waals surface area (Å²) in [6.07, 6.45) is 0. The molecule has 0 aliphatic carbocycles. The summed E-state index contributed by atoms with van der Waals surface area (Å²) in [7, 11) is 0. The van der Waals surface area contributed by atoms with E-state index in [0.717, 1.165) is 21.5 Å². The van der Waals surface area contributed by atoms with Crippen molar-refractivity contribution in [2.24, 2.45) is 0 Å². The number of amides is 2. The normalized spacial score (nSPS) is 13.5. The van der Waals surface area contributed by atoms with Gasteiger partial charge in [0.1, 0.15) is 5.58 Å². The van der Waals surface area contributed by atoms with Gasteiger partial charge in [-0.25, -0.2) is 0 Å². The second-order valence-electron chi connectivity index (χ2n) is 5.55. The number of furan rings is 1. The summed E-state index contributed by atoms with van der Waals surface area (Å²) in [5, 5.41) is 6.57. The van der Waals surface area contributed by atoms with E-state index >= 15 is 0 Å². The van der Waals surface area contributed by atoms with Crippen LogP contribution in [0.1, 0.15) is 16.1 Å². The Morgan fingerprint density at radius 2 is 2.08 bits per heavy atom. The van der Waals surface area contributed by atoms with Crippen LogP contribution in [0, 0.1) is 6.92 Å². The predicted molar refractivity (Wildman–Crippen MR) is 94.7 cm³/mol. The van der Waals surface area contributed by atoms with E-state index in [-0.39, 0.29) is 11.8 Å². The molecular formula is C18H14N2O3S. The van der Waals surface area contributed by atoms with Crippen LogP contribution in [-0.2, 0) is 4.79 Å². The highest BCUT2D eigenvalue weighted by molar-refractivity contribution is 8.00. The molecule has 0 radical (unpaired) electrons. The number of thioether (sulfide) groups is 1. The van der Waals surface area contributed by atoms with Crippen LogP contribution in [-0.4, -0.2) is 17.6 Å². The Bertz CT molecular complexity index is 978. The Morgan fingerprint density at radius 3 is 2.92 bits per heavy atom. The van der Waals surface area contributed by atoms with Crippen LogP contribution < -0.4 is 10.6 Å². The number of rotatable bonds is 2. The van der Waals surface area contributed by atoms with Gasteiger partial charge in [0.15, 0.2) is 5.76 Å². The summed E-state index contributed by atoms with van der Waals surface area (Å²) in [4.78, 5) is 25.0. The van der Waals surface area contributed by atoms with Crippen molar-refractivity contribution in [3.63, 3.8) is 0 Å². The second kappa shape index (κ2) is 5.72. The van der Waals surface area contributed by atoms with Crippen molar-refractivity contribution in [3.05, 3.63) is 53.8 Å². The molecule has 3 aromatic rings. The van der Waals surface area contributed by atoms with Crippen molar-refractivity contribution in [2.75, 3.05) is 16.4 Å². The topological polar surface area (TPSA) is 71.3 Å². The fourth-order valence-electron chi connectivity index (χ4n) is 2.74. The fraction of sp³-hybridized carbons (Fsp3) is 0.111. The first-order valence-electron chi connectivity index (χ1n) is 7.48. The number of benzene rings is 2. The zero-order valence-corrected chi connectivity index (χ0v) is 13.7. The molecule has 1 aromatic heterocycles. The minimum absolute atomic E-state index is 0.0379. The fourth-order valence-corrected chi connectivity index (χ4v) is 3.53. The number of anilines is 2. The number of fused-ring (bicyclic) bond motifs is 2. The molecule has 0 atom stereocenters. The summed E-state index contributed by atoms with van der Waals surface area (Å²) in [6, 6.07) is 13.0. The van der Waals surface area contributed by atoms with Crippen molar-refractivity contribution >= 4 is 45.9 Å². The number of carbonyl (C=O) groups excluding carboxylic acids is 2. The lowest BCUT2D eigenvalue weighted by atomic mass is 10.1. The Kier molecular flexibility index (Phi) is 3.54. The summed E-state index contributed by atoms with van der Waals surface area (Å²) >= 11 is 1.48. The summed E-state index contributed by atoms with van der Waals surface area (Å²) < 4.78 is 5.68. The molecule has 0 bridgehead atoms. The lowest BCUT2D eigenvalue weighted by Crippen LogP contribution is -2.19. The van der Waals surface area contributed by atoms with Crippen LogP contribution in [0.5, 0.6) is 0 Å². The lowest BCUT2D eigenvalue weighted by Gasteiger charge is -2.17. The summed E-state index contributed by atoms with van der Waals surface area (Å²) in [5.41, 5.74) is 2.83. The highest BCUT2D eigenvalue weighted by Crippen LogP contribution is 2.33. The van der Waals surface area contributed by atoms with Gasteiger partial charge in [-0.05, 0) is 31.2 Å². The molecule has 4 rings (SSSR count). The quantitative estimate of drug-likeness (QED) is 0.740. The van der Waals surface area contributed by atoms with Gasteiger partial charge in [-0.1, -0.05) is 18.2 Å². The van der Waals surface area contributed by atoms with E-state index in [2.05, 4.69) is 10.6 Å². The van der Waals surface area contributed by atoms with Gasteiger partial charge in [-0.3, -0.25) is 9.59 Å². The van der Waals surface area contributed by atoms with Crippen molar-refractivity contribution in [2.45, 2.75) is 11.8 Å². The van der Waals surface area contributed by atoms with Gasteiger partial charge in [0, 0.05) is 21.5 Å². The molecule has 24 heavy (non-hydrogen) atoms. The van der Waals surface area contributed by atoms with Crippen molar-refractivity contribution < 1.29 is 14.0 Å². The third kappa shape index (κ3) is 2.55. The predicted octanol–water partition coefficient (Wildman–Crippen LogP) is 4.04. The van der Waals surface area contributed by atoms with E-state index in [4.69, 9.17) is 4.42 Å². The molecule has 2 N–H and O–H groups in total. The molecule has 2 aromatic carbocycles. The van der Waals surface area contributed by atoms with Crippen molar-refractivity contribution in [1.82, 2.24) is 0 Å². The van der Waals surface area contributed by atoms with Crippen LogP contribution in [0.4, 0.5) is 11.4 Å². The zero-order chi connectivity index (χ0) is 16.7. The van der Waals surface area contributed by atoms with Crippen molar-refractivity contribution in [3.8, 4) is 0 Å². The molecule has 2 amide bonds. The number of hydrogen-bond donors (Lipinski definition) is 2. The number of carbonyl (C=O) groups is 2. The first kappa shape index (κ1) is 14.8. The molecule has 120 valence electrons. The Hall–Kier alpha value is -2.73. The number of nitrogens with one attached hydrogen (secondary N) is 2. The molecule has 0 spiro atoms. The van der Waals surface area contributed by atoms with Gasteiger partial charge in [0.25, 0.3) is 5.91 Å². The van der Waals surface area contributed by atoms with E-state index in [1.54, 1.807) is 6.07 Å². The average Bonchev–Trinajstić information content (AvgIpc) is 2.92. The molecular weight excluding hydrogens is 324 g/mol. The van der Waals surface area contributed by atoms with E-state index in [9.17, 15) is 9.59 Å². The van der Waals surface area contributed by atoms with E-state index in [1.807, 2.05) is 43.3 Å². The number of para-hydroxylation sites is 1. The molecule has 2 heterocycles. The van der Waals surface area contributed by atoms with Gasteiger partial charge in [-0.2, -0.15) is 0 Å². The lowest BCUT2D eigenvalue weighted by molar-refractivity contribution is -0.113. The van der Waals surface area contributed by atoms with Crippen LogP contribution >= 0.6 is 11.8 Å².